The molecule has 0 saturated carbocycles. The first-order valence-electron chi connectivity index (χ1n) is 6.46. The number of halogens is 3. The minimum atomic E-state index is -4.99. The molecule has 1 heterocycles. The number of aromatic nitrogens is 2. The van der Waals surface area contributed by atoms with Gasteiger partial charge in [0.15, 0.2) is 0 Å². The van der Waals surface area contributed by atoms with E-state index in [1.54, 1.807) is 16.9 Å². The van der Waals surface area contributed by atoms with Crippen LogP contribution in [0.3, 0.4) is 0 Å². The van der Waals surface area contributed by atoms with Gasteiger partial charge in [-0.2, -0.15) is 5.10 Å². The first-order chi connectivity index (χ1) is 10.8. The summed E-state index contributed by atoms with van der Waals surface area (Å²) in [5.41, 5.74) is 0.125. The number of methoxy groups -OCH3 is 1. The van der Waals surface area contributed by atoms with Gasteiger partial charge in [-0.1, -0.05) is 6.07 Å². The Kier molecular flexibility index (Phi) is 4.89. The fourth-order valence-electron chi connectivity index (χ4n) is 1.89. The topological polar surface area (TPSA) is 73.6 Å². The van der Waals surface area contributed by atoms with Crippen molar-refractivity contribution in [3.63, 3.8) is 0 Å². The van der Waals surface area contributed by atoms with Crippen LogP contribution in [0.15, 0.2) is 30.5 Å². The highest BCUT2D eigenvalue weighted by Gasteiger charge is 2.33. The van der Waals surface area contributed by atoms with Gasteiger partial charge in [0, 0.05) is 18.9 Å². The average Bonchev–Trinajstić information content (AvgIpc) is 2.91. The summed E-state index contributed by atoms with van der Waals surface area (Å²) in [5.74, 6) is -2.30. The van der Waals surface area contributed by atoms with Crippen LogP contribution in [-0.2, 0) is 11.3 Å². The fourth-order valence-corrected chi connectivity index (χ4v) is 1.89. The molecule has 2 aromatic rings. The molecule has 124 valence electrons. The van der Waals surface area contributed by atoms with Crippen molar-refractivity contribution < 1.29 is 32.5 Å². The predicted molar refractivity (Wildman–Crippen MR) is 73.2 cm³/mol. The number of aromatic carboxylic acids is 1. The maximum absolute atomic E-state index is 12.4. The maximum Gasteiger partial charge on any atom is 0.573 e. The van der Waals surface area contributed by atoms with Gasteiger partial charge in [0.1, 0.15) is 11.3 Å². The first kappa shape index (κ1) is 16.8. The Morgan fingerprint density at radius 1 is 1.35 bits per heavy atom. The third kappa shape index (κ3) is 4.46. The van der Waals surface area contributed by atoms with Gasteiger partial charge in [0.05, 0.1) is 18.8 Å². The van der Waals surface area contributed by atoms with Gasteiger partial charge in [-0.3, -0.25) is 4.68 Å². The number of hydrogen-bond acceptors (Lipinski definition) is 4. The normalized spacial score (nSPS) is 11.5. The molecule has 0 unspecified atom stereocenters. The highest BCUT2D eigenvalue weighted by Crippen LogP contribution is 2.31. The minimum absolute atomic E-state index is 0.311. The Morgan fingerprint density at radius 3 is 2.70 bits per heavy atom. The molecule has 1 aromatic carbocycles. The van der Waals surface area contributed by atoms with Gasteiger partial charge in [-0.15, -0.1) is 13.2 Å². The summed E-state index contributed by atoms with van der Waals surface area (Å²) < 4.78 is 47.5. The summed E-state index contributed by atoms with van der Waals surface area (Å²) >= 11 is 0. The largest absolute Gasteiger partial charge is 0.573 e. The summed E-state index contributed by atoms with van der Waals surface area (Å²) in [5, 5.41) is 13.1. The van der Waals surface area contributed by atoms with Crippen molar-refractivity contribution in [1.29, 1.82) is 0 Å². The lowest BCUT2D eigenvalue weighted by Gasteiger charge is -2.12. The van der Waals surface area contributed by atoms with Crippen LogP contribution in [-0.4, -0.2) is 40.9 Å². The molecular formula is C14H13F3N2O4. The Morgan fingerprint density at radius 2 is 2.09 bits per heavy atom. The molecule has 2 rings (SSSR count). The molecule has 0 spiro atoms. The Balaban J connectivity index is 2.34. The molecule has 1 aromatic heterocycles. The highest BCUT2D eigenvalue weighted by atomic mass is 19.4. The molecule has 0 aliphatic rings. The SMILES string of the molecule is COCCn1ccc(-c2ccc(C(=O)O)c(OC(F)(F)F)c2)n1. The zero-order chi connectivity index (χ0) is 17.0. The van der Waals surface area contributed by atoms with Crippen molar-refractivity contribution in [3.05, 3.63) is 36.0 Å². The van der Waals surface area contributed by atoms with Crippen LogP contribution in [0.1, 0.15) is 10.4 Å². The third-order valence-electron chi connectivity index (χ3n) is 2.90. The lowest BCUT2D eigenvalue weighted by molar-refractivity contribution is -0.274. The van der Waals surface area contributed by atoms with Crippen molar-refractivity contribution >= 4 is 5.97 Å². The average molecular weight is 330 g/mol. The molecule has 0 fully saturated rings. The zero-order valence-corrected chi connectivity index (χ0v) is 12.0. The molecule has 1 N–H and O–H groups in total. The summed E-state index contributed by atoms with van der Waals surface area (Å²) in [7, 11) is 1.54. The molecule has 0 aliphatic heterocycles. The molecule has 0 aliphatic carbocycles. The van der Waals surface area contributed by atoms with Crippen molar-refractivity contribution in [1.82, 2.24) is 9.78 Å². The second kappa shape index (κ2) is 6.69. The predicted octanol–water partition coefficient (Wildman–Crippen LogP) is 2.79. The summed E-state index contributed by atoms with van der Waals surface area (Å²) in [6.07, 6.45) is -3.34. The molecule has 0 bridgehead atoms. The number of rotatable bonds is 6. The quantitative estimate of drug-likeness (QED) is 0.882. The van der Waals surface area contributed by atoms with E-state index in [1.165, 1.54) is 13.2 Å². The number of ether oxygens (including phenoxy) is 2. The van der Waals surface area contributed by atoms with Crippen LogP contribution >= 0.6 is 0 Å². The van der Waals surface area contributed by atoms with Crippen molar-refractivity contribution in [2.24, 2.45) is 0 Å². The Labute approximate surface area is 129 Å². The Hall–Kier alpha value is -2.55. The van der Waals surface area contributed by atoms with E-state index < -0.39 is 23.6 Å². The maximum atomic E-state index is 12.4. The van der Waals surface area contributed by atoms with E-state index in [4.69, 9.17) is 9.84 Å². The zero-order valence-electron chi connectivity index (χ0n) is 12.0. The van der Waals surface area contributed by atoms with Crippen LogP contribution < -0.4 is 4.74 Å². The van der Waals surface area contributed by atoms with Gasteiger partial charge in [-0.25, -0.2) is 4.79 Å². The van der Waals surface area contributed by atoms with E-state index in [9.17, 15) is 18.0 Å². The second-order valence-electron chi connectivity index (χ2n) is 4.52. The molecule has 23 heavy (non-hydrogen) atoms. The van der Waals surface area contributed by atoms with Crippen LogP contribution in [0, 0.1) is 0 Å². The van der Waals surface area contributed by atoms with Gasteiger partial charge >= 0.3 is 12.3 Å². The van der Waals surface area contributed by atoms with E-state index in [1.807, 2.05) is 0 Å². The monoisotopic (exact) mass is 330 g/mol. The molecule has 0 amide bonds. The first-order valence-corrected chi connectivity index (χ1v) is 6.46. The molecule has 0 radical (unpaired) electrons. The Bertz CT molecular complexity index is 698. The molecule has 0 saturated heterocycles. The number of carboxylic acids is 1. The molecule has 6 nitrogen and oxygen atoms in total. The summed E-state index contributed by atoms with van der Waals surface area (Å²) in [6.45, 7) is 0.914. The lowest BCUT2D eigenvalue weighted by Crippen LogP contribution is -2.19. The number of hydrogen-bond donors (Lipinski definition) is 1. The highest BCUT2D eigenvalue weighted by molar-refractivity contribution is 5.91. The van der Waals surface area contributed by atoms with Crippen LogP contribution in [0.25, 0.3) is 11.3 Å². The standard InChI is InChI=1S/C14H13F3N2O4/c1-22-7-6-19-5-4-11(18-19)9-2-3-10(13(20)21)12(8-9)23-14(15,16)17/h2-5,8H,6-7H2,1H3,(H,20,21). The summed E-state index contributed by atoms with van der Waals surface area (Å²) in [4.78, 5) is 11.0. The van der Waals surface area contributed by atoms with E-state index >= 15 is 0 Å². The van der Waals surface area contributed by atoms with E-state index in [-0.39, 0.29) is 0 Å². The molecular weight excluding hydrogens is 317 g/mol. The molecule has 9 heteroatoms. The number of nitrogens with zero attached hydrogens (tertiary/aromatic N) is 2. The van der Waals surface area contributed by atoms with E-state index in [2.05, 4.69) is 9.84 Å². The van der Waals surface area contributed by atoms with E-state index in [0.29, 0.717) is 24.4 Å². The van der Waals surface area contributed by atoms with Crippen molar-refractivity contribution in [3.8, 4) is 17.0 Å². The van der Waals surface area contributed by atoms with Crippen molar-refractivity contribution in [2.75, 3.05) is 13.7 Å². The van der Waals surface area contributed by atoms with Crippen LogP contribution in [0.5, 0.6) is 5.75 Å². The van der Waals surface area contributed by atoms with Gasteiger partial charge in [0.2, 0.25) is 0 Å². The van der Waals surface area contributed by atoms with Crippen LogP contribution in [0.2, 0.25) is 0 Å². The van der Waals surface area contributed by atoms with E-state index in [0.717, 1.165) is 12.1 Å². The number of benzene rings is 1. The third-order valence-corrected chi connectivity index (χ3v) is 2.90. The minimum Gasteiger partial charge on any atom is -0.478 e. The van der Waals surface area contributed by atoms with Gasteiger partial charge in [0.25, 0.3) is 0 Å². The fraction of sp³-hybridized carbons (Fsp3) is 0.286. The van der Waals surface area contributed by atoms with Gasteiger partial charge in [-0.05, 0) is 18.2 Å². The van der Waals surface area contributed by atoms with Gasteiger partial charge < -0.3 is 14.6 Å². The second-order valence-corrected chi connectivity index (χ2v) is 4.52. The number of carboxylic acid groups (broad SMARTS) is 1. The summed E-state index contributed by atoms with van der Waals surface area (Å²) in [6, 6.07) is 5.02. The smallest absolute Gasteiger partial charge is 0.478 e. The molecule has 0 atom stereocenters. The lowest BCUT2D eigenvalue weighted by atomic mass is 10.1. The number of alkyl halides is 3. The number of carbonyl (C=O) groups is 1. The van der Waals surface area contributed by atoms with Crippen LogP contribution in [0.4, 0.5) is 13.2 Å². The van der Waals surface area contributed by atoms with Crippen molar-refractivity contribution in [2.45, 2.75) is 12.9 Å².